The number of Topliss-reactive ketones (excluding diaryl/α,β-unsaturated/α-hetero) is 1. The number of hydrogen-bond donors (Lipinski definition) is 0. The van der Waals surface area contributed by atoms with E-state index < -0.39 is 0 Å². The summed E-state index contributed by atoms with van der Waals surface area (Å²) in [6, 6.07) is 0. The molecule has 205 valence electrons. The molecule has 0 bridgehead atoms. The molecule has 0 amide bonds. The summed E-state index contributed by atoms with van der Waals surface area (Å²) in [5.41, 5.74) is 0. The van der Waals surface area contributed by atoms with Crippen molar-refractivity contribution < 1.29 is 4.79 Å². The maximum Gasteiger partial charge on any atom is 0.136 e. The van der Waals surface area contributed by atoms with Crippen LogP contribution in [0.3, 0.4) is 0 Å². The maximum atomic E-state index is 12.0. The average molecular weight is 488 g/mol. The van der Waals surface area contributed by atoms with E-state index in [1.165, 1.54) is 141 Å². The molecular formula is C34H63O. The summed E-state index contributed by atoms with van der Waals surface area (Å²) in [7, 11) is 0. The highest BCUT2D eigenvalue weighted by molar-refractivity contribution is 5.86. The molecule has 0 aromatic heterocycles. The predicted octanol–water partition coefficient (Wildman–Crippen LogP) is 12.1. The Morgan fingerprint density at radius 2 is 0.800 bits per heavy atom. The van der Waals surface area contributed by atoms with E-state index in [4.69, 9.17) is 0 Å². The number of ketones is 1. The van der Waals surface area contributed by atoms with Crippen molar-refractivity contribution in [3.05, 3.63) is 30.7 Å². The standard InChI is InChI=1S/C34H63O/c1-3-5-7-9-11-13-15-17-18-19-21-23-25-27-29-31-33-34(35)32-30-28-26-24-22-20-16-14-12-10-8-6-4-2/h11,13,17-18,33H,3-10,12,14-16,19-32H2,1-2H3/b13-11-,18-17-. The molecule has 0 saturated heterocycles. The van der Waals surface area contributed by atoms with E-state index in [2.05, 4.69) is 38.2 Å². The van der Waals surface area contributed by atoms with Gasteiger partial charge in [0.1, 0.15) is 5.78 Å². The van der Waals surface area contributed by atoms with Crippen LogP contribution in [-0.2, 0) is 4.79 Å². The third-order valence-electron chi connectivity index (χ3n) is 7.05. The highest BCUT2D eigenvalue weighted by atomic mass is 16.1. The molecule has 0 saturated carbocycles. The molecule has 0 fully saturated rings. The van der Waals surface area contributed by atoms with E-state index in [9.17, 15) is 4.79 Å². The zero-order valence-electron chi connectivity index (χ0n) is 24.2. The fraction of sp³-hybridized carbons (Fsp3) is 0.824. The molecule has 0 heterocycles. The summed E-state index contributed by atoms with van der Waals surface area (Å²) in [6.07, 6.45) is 44.7. The normalized spacial score (nSPS) is 11.8. The average Bonchev–Trinajstić information content (AvgIpc) is 2.86. The lowest BCUT2D eigenvalue weighted by Gasteiger charge is -2.04. The molecule has 1 heteroatoms. The Morgan fingerprint density at radius 3 is 1.31 bits per heavy atom. The molecule has 1 nitrogen and oxygen atoms in total. The zero-order chi connectivity index (χ0) is 25.5. The molecular weight excluding hydrogens is 424 g/mol. The summed E-state index contributed by atoms with van der Waals surface area (Å²) in [4.78, 5) is 12.0. The van der Waals surface area contributed by atoms with Gasteiger partial charge in [-0.05, 0) is 44.9 Å². The van der Waals surface area contributed by atoms with Crippen LogP contribution < -0.4 is 0 Å². The van der Waals surface area contributed by atoms with E-state index >= 15 is 0 Å². The lowest BCUT2D eigenvalue weighted by molar-refractivity contribution is -0.116. The monoisotopic (exact) mass is 487 g/mol. The van der Waals surface area contributed by atoms with Crippen LogP contribution in [0.4, 0.5) is 0 Å². The van der Waals surface area contributed by atoms with Gasteiger partial charge in [0, 0.05) is 12.8 Å². The number of allylic oxidation sites excluding steroid dienone is 4. The maximum absolute atomic E-state index is 12.0. The van der Waals surface area contributed by atoms with Gasteiger partial charge in [0.05, 0.1) is 0 Å². The van der Waals surface area contributed by atoms with Crippen molar-refractivity contribution in [1.29, 1.82) is 0 Å². The van der Waals surface area contributed by atoms with E-state index in [1.807, 2.05) is 6.42 Å². The SMILES string of the molecule is CCCCC/C=C\C/C=C\CCCCCCC[CH]C(=O)CCCCCCCCCCCCCCC. The highest BCUT2D eigenvalue weighted by Crippen LogP contribution is 2.14. The highest BCUT2D eigenvalue weighted by Gasteiger charge is 2.02. The Labute approximate surface area is 222 Å². The second-order valence-corrected chi connectivity index (χ2v) is 10.7. The van der Waals surface area contributed by atoms with E-state index in [0.29, 0.717) is 5.78 Å². The summed E-state index contributed by atoms with van der Waals surface area (Å²) in [5.74, 6) is 0.387. The largest absolute Gasteiger partial charge is 0.299 e. The third-order valence-corrected chi connectivity index (χ3v) is 7.05. The first kappa shape index (κ1) is 34.1. The molecule has 0 aliphatic carbocycles. The zero-order valence-corrected chi connectivity index (χ0v) is 24.2. The number of unbranched alkanes of at least 4 members (excludes halogenated alkanes) is 21. The van der Waals surface area contributed by atoms with Crippen molar-refractivity contribution in [2.45, 2.75) is 181 Å². The van der Waals surface area contributed by atoms with Gasteiger partial charge >= 0.3 is 0 Å². The predicted molar refractivity (Wildman–Crippen MR) is 159 cm³/mol. The quantitative estimate of drug-likeness (QED) is 0.0757. The van der Waals surface area contributed by atoms with Crippen LogP contribution >= 0.6 is 0 Å². The minimum Gasteiger partial charge on any atom is -0.299 e. The van der Waals surface area contributed by atoms with Gasteiger partial charge in [-0.25, -0.2) is 0 Å². The smallest absolute Gasteiger partial charge is 0.136 e. The summed E-state index contributed by atoms with van der Waals surface area (Å²) in [6.45, 7) is 4.54. The van der Waals surface area contributed by atoms with Gasteiger partial charge in [-0.1, -0.05) is 154 Å². The lowest BCUT2D eigenvalue weighted by atomic mass is 10.0. The Bertz CT molecular complexity index is 461. The topological polar surface area (TPSA) is 17.1 Å². The molecule has 0 atom stereocenters. The van der Waals surface area contributed by atoms with Gasteiger partial charge in [0.15, 0.2) is 0 Å². The van der Waals surface area contributed by atoms with Crippen LogP contribution in [-0.4, -0.2) is 5.78 Å². The van der Waals surface area contributed by atoms with Gasteiger partial charge in [-0.15, -0.1) is 0 Å². The Hall–Kier alpha value is -0.850. The van der Waals surface area contributed by atoms with Crippen LogP contribution in [0.1, 0.15) is 181 Å². The molecule has 0 unspecified atom stereocenters. The van der Waals surface area contributed by atoms with Gasteiger partial charge in [0.25, 0.3) is 0 Å². The van der Waals surface area contributed by atoms with Gasteiger partial charge in [-0.3, -0.25) is 4.79 Å². The van der Waals surface area contributed by atoms with Crippen LogP contribution in [0.5, 0.6) is 0 Å². The molecule has 0 rings (SSSR count). The second kappa shape index (κ2) is 31.2. The fourth-order valence-electron chi connectivity index (χ4n) is 4.64. The van der Waals surface area contributed by atoms with Crippen molar-refractivity contribution in [2.24, 2.45) is 0 Å². The molecule has 0 N–H and O–H groups in total. The summed E-state index contributed by atoms with van der Waals surface area (Å²) < 4.78 is 0. The molecule has 1 radical (unpaired) electrons. The first-order valence-electron chi connectivity index (χ1n) is 16.0. The van der Waals surface area contributed by atoms with Crippen LogP contribution in [0.2, 0.25) is 0 Å². The van der Waals surface area contributed by atoms with Gasteiger partial charge in [-0.2, -0.15) is 0 Å². The van der Waals surface area contributed by atoms with Gasteiger partial charge < -0.3 is 0 Å². The molecule has 0 aromatic carbocycles. The van der Waals surface area contributed by atoms with Crippen LogP contribution in [0.25, 0.3) is 0 Å². The van der Waals surface area contributed by atoms with Crippen LogP contribution in [0, 0.1) is 6.42 Å². The number of rotatable bonds is 29. The Kier molecular flexibility index (Phi) is 30.4. The van der Waals surface area contributed by atoms with Crippen molar-refractivity contribution in [1.82, 2.24) is 0 Å². The molecule has 0 aliphatic heterocycles. The molecule has 0 aliphatic rings. The first-order valence-corrected chi connectivity index (χ1v) is 16.0. The number of carbonyl (C=O) groups is 1. The second-order valence-electron chi connectivity index (χ2n) is 10.7. The van der Waals surface area contributed by atoms with Crippen molar-refractivity contribution in [3.63, 3.8) is 0 Å². The molecule has 0 aromatic rings. The first-order chi connectivity index (χ1) is 17.3. The minimum atomic E-state index is 0.387. The minimum absolute atomic E-state index is 0.387. The molecule has 35 heavy (non-hydrogen) atoms. The lowest BCUT2D eigenvalue weighted by Crippen LogP contribution is -1.98. The van der Waals surface area contributed by atoms with Crippen molar-refractivity contribution in [2.75, 3.05) is 0 Å². The molecule has 0 spiro atoms. The summed E-state index contributed by atoms with van der Waals surface area (Å²) in [5, 5.41) is 0. The van der Waals surface area contributed by atoms with E-state index in [-0.39, 0.29) is 0 Å². The Balaban J connectivity index is 3.23. The van der Waals surface area contributed by atoms with E-state index in [0.717, 1.165) is 25.7 Å². The van der Waals surface area contributed by atoms with Crippen molar-refractivity contribution >= 4 is 5.78 Å². The Morgan fingerprint density at radius 1 is 0.429 bits per heavy atom. The third kappa shape index (κ3) is 31.1. The number of hydrogen-bond acceptors (Lipinski definition) is 1. The fourth-order valence-corrected chi connectivity index (χ4v) is 4.64. The van der Waals surface area contributed by atoms with Crippen molar-refractivity contribution in [3.8, 4) is 0 Å². The number of carbonyl (C=O) groups excluding carboxylic acids is 1. The van der Waals surface area contributed by atoms with E-state index in [1.54, 1.807) is 0 Å². The van der Waals surface area contributed by atoms with Crippen LogP contribution in [0.15, 0.2) is 24.3 Å². The van der Waals surface area contributed by atoms with Gasteiger partial charge in [0.2, 0.25) is 0 Å². The summed E-state index contributed by atoms with van der Waals surface area (Å²) >= 11 is 0.